The molecule has 0 bridgehead atoms. The minimum atomic E-state index is -3.27. The van der Waals surface area contributed by atoms with Crippen LogP contribution in [0.2, 0.25) is 0 Å². The van der Waals surface area contributed by atoms with Crippen LogP contribution in [0.15, 0.2) is 0 Å². The first-order valence-corrected chi connectivity index (χ1v) is 13.0. The van der Waals surface area contributed by atoms with Gasteiger partial charge in [0.2, 0.25) is 10.0 Å². The second kappa shape index (κ2) is 9.74. The fourth-order valence-corrected chi connectivity index (χ4v) is 8.02. The van der Waals surface area contributed by atoms with Gasteiger partial charge in [-0.1, -0.05) is 13.3 Å². The Kier molecular flexibility index (Phi) is 7.87. The number of nitrogens with one attached hydrogen (secondary N) is 2. The van der Waals surface area contributed by atoms with E-state index in [0.717, 1.165) is 31.4 Å². The molecule has 2 saturated carbocycles. The Morgan fingerprint density at radius 1 is 1.22 bits per heavy atom. The number of methoxy groups -OCH3 is 1. The van der Waals surface area contributed by atoms with E-state index >= 15 is 0 Å². The van der Waals surface area contributed by atoms with Gasteiger partial charge in [0.1, 0.15) is 6.17 Å². The van der Waals surface area contributed by atoms with Crippen LogP contribution in [0.1, 0.15) is 58.3 Å². The number of hydrogen-bond acceptors (Lipinski definition) is 5. The van der Waals surface area contributed by atoms with Gasteiger partial charge in [-0.2, -0.15) is 0 Å². The Morgan fingerprint density at radius 2 is 2.04 bits per heavy atom. The molecule has 3 fully saturated rings. The first kappa shape index (κ1) is 21.8. The van der Waals surface area contributed by atoms with Crippen LogP contribution in [0.4, 0.5) is 4.39 Å². The van der Waals surface area contributed by atoms with E-state index in [9.17, 15) is 12.8 Å². The van der Waals surface area contributed by atoms with E-state index in [1.54, 1.807) is 7.11 Å². The molecular formula is C19H35FN2O3S2. The maximum Gasteiger partial charge on any atom is 0.214 e. The van der Waals surface area contributed by atoms with Crippen LogP contribution in [-0.4, -0.2) is 56.8 Å². The summed E-state index contributed by atoms with van der Waals surface area (Å²) < 4.78 is 47.2. The summed E-state index contributed by atoms with van der Waals surface area (Å²) in [5, 5.41) is 3.64. The molecule has 0 aromatic heterocycles. The molecule has 1 aliphatic heterocycles. The molecule has 8 heteroatoms. The highest BCUT2D eigenvalue weighted by Gasteiger charge is 2.36. The number of halogens is 1. The monoisotopic (exact) mass is 422 g/mol. The van der Waals surface area contributed by atoms with Gasteiger partial charge in [0.05, 0.1) is 16.7 Å². The molecular weight excluding hydrogens is 387 g/mol. The van der Waals surface area contributed by atoms with E-state index in [1.807, 2.05) is 11.8 Å². The number of hydrogen-bond donors (Lipinski definition) is 2. The maximum atomic E-state index is 13.6. The molecule has 0 spiro atoms. The number of rotatable bonds is 7. The van der Waals surface area contributed by atoms with E-state index in [0.29, 0.717) is 49.6 Å². The molecule has 0 radical (unpaired) electrons. The Hall–Kier alpha value is 0.110. The third-order valence-electron chi connectivity index (χ3n) is 6.54. The first-order valence-electron chi connectivity index (χ1n) is 10.4. The van der Waals surface area contributed by atoms with Gasteiger partial charge in [-0.05, 0) is 56.8 Å². The molecule has 1 heterocycles. The standard InChI is InChI=1S/C19H35FN2O3S2/c1-13-10-17(6-7-18(13)25-2)27(23,24)21-9-8-16-12-26-19(22-16)14-4-3-5-15(20)11-14/h13-19,21-22H,3-12H2,1-2H3. The van der Waals surface area contributed by atoms with E-state index in [1.165, 1.54) is 0 Å². The molecule has 27 heavy (non-hydrogen) atoms. The van der Waals surface area contributed by atoms with E-state index in [-0.39, 0.29) is 17.3 Å². The number of sulfonamides is 1. The molecule has 7 atom stereocenters. The van der Waals surface area contributed by atoms with Crippen molar-refractivity contribution >= 4 is 21.8 Å². The lowest BCUT2D eigenvalue weighted by molar-refractivity contribution is 0.0318. The predicted octanol–water partition coefficient (Wildman–Crippen LogP) is 3.06. The molecule has 0 aromatic carbocycles. The number of alkyl halides is 1. The minimum absolute atomic E-state index is 0.178. The summed E-state index contributed by atoms with van der Waals surface area (Å²) in [4.78, 5) is 0. The molecule has 3 aliphatic rings. The van der Waals surface area contributed by atoms with Gasteiger partial charge in [-0.15, -0.1) is 11.8 Å². The van der Waals surface area contributed by atoms with Crippen molar-refractivity contribution in [3.05, 3.63) is 0 Å². The van der Waals surface area contributed by atoms with E-state index in [4.69, 9.17) is 4.74 Å². The summed E-state index contributed by atoms with van der Waals surface area (Å²) in [5.41, 5.74) is 0. The summed E-state index contributed by atoms with van der Waals surface area (Å²) in [5.74, 6) is 1.67. The third kappa shape index (κ3) is 5.81. The van der Waals surface area contributed by atoms with Crippen molar-refractivity contribution in [2.24, 2.45) is 11.8 Å². The third-order valence-corrected chi connectivity index (χ3v) is 9.92. The highest BCUT2D eigenvalue weighted by Crippen LogP contribution is 2.36. The zero-order valence-corrected chi connectivity index (χ0v) is 18.2. The largest absolute Gasteiger partial charge is 0.381 e. The van der Waals surface area contributed by atoms with Crippen LogP contribution in [-0.2, 0) is 14.8 Å². The molecule has 7 unspecified atom stereocenters. The smallest absolute Gasteiger partial charge is 0.214 e. The molecule has 0 amide bonds. The Labute approximate surface area is 168 Å². The molecule has 2 aliphatic carbocycles. The lowest BCUT2D eigenvalue weighted by atomic mass is 9.87. The van der Waals surface area contributed by atoms with Gasteiger partial charge in [-0.25, -0.2) is 17.5 Å². The van der Waals surface area contributed by atoms with Crippen LogP contribution in [0.3, 0.4) is 0 Å². The van der Waals surface area contributed by atoms with Crippen molar-refractivity contribution < 1.29 is 17.5 Å². The molecule has 0 aromatic rings. The zero-order valence-electron chi connectivity index (χ0n) is 16.5. The van der Waals surface area contributed by atoms with Crippen LogP contribution in [0.5, 0.6) is 0 Å². The summed E-state index contributed by atoms with van der Waals surface area (Å²) in [6.45, 7) is 2.55. The zero-order chi connectivity index (χ0) is 19.4. The van der Waals surface area contributed by atoms with Crippen LogP contribution >= 0.6 is 11.8 Å². The molecule has 3 rings (SSSR count). The summed E-state index contributed by atoms with van der Waals surface area (Å²) in [6.07, 6.45) is 5.94. The van der Waals surface area contributed by atoms with Crippen LogP contribution in [0.25, 0.3) is 0 Å². The minimum Gasteiger partial charge on any atom is -0.381 e. The van der Waals surface area contributed by atoms with Crippen molar-refractivity contribution in [2.75, 3.05) is 19.4 Å². The van der Waals surface area contributed by atoms with Gasteiger partial charge >= 0.3 is 0 Å². The van der Waals surface area contributed by atoms with Gasteiger partial charge in [0.15, 0.2) is 0 Å². The topological polar surface area (TPSA) is 67.4 Å². The van der Waals surface area contributed by atoms with Crippen molar-refractivity contribution in [2.45, 2.75) is 87.2 Å². The predicted molar refractivity (Wildman–Crippen MR) is 109 cm³/mol. The van der Waals surface area contributed by atoms with Crippen molar-refractivity contribution in [3.63, 3.8) is 0 Å². The van der Waals surface area contributed by atoms with Crippen LogP contribution in [0, 0.1) is 11.8 Å². The highest BCUT2D eigenvalue weighted by molar-refractivity contribution is 8.00. The summed E-state index contributed by atoms with van der Waals surface area (Å²) in [7, 11) is -1.57. The fourth-order valence-electron chi connectivity index (χ4n) is 4.87. The fraction of sp³-hybridized carbons (Fsp3) is 1.00. The number of ether oxygens (including phenoxy) is 1. The molecule has 158 valence electrons. The summed E-state index contributed by atoms with van der Waals surface area (Å²) in [6, 6.07) is 0.311. The quantitative estimate of drug-likeness (QED) is 0.660. The average molecular weight is 423 g/mol. The summed E-state index contributed by atoms with van der Waals surface area (Å²) >= 11 is 1.88. The van der Waals surface area contributed by atoms with E-state index in [2.05, 4.69) is 17.0 Å². The van der Waals surface area contributed by atoms with Crippen molar-refractivity contribution in [1.29, 1.82) is 0 Å². The maximum absolute atomic E-state index is 13.6. The SMILES string of the molecule is COC1CCC(S(=O)(=O)NCCC2CSC(C3CCCC(F)C3)N2)CC1C. The van der Waals surface area contributed by atoms with Crippen molar-refractivity contribution in [1.82, 2.24) is 10.0 Å². The van der Waals surface area contributed by atoms with Crippen LogP contribution < -0.4 is 10.0 Å². The molecule has 2 N–H and O–H groups in total. The van der Waals surface area contributed by atoms with Gasteiger partial charge in [0, 0.05) is 25.4 Å². The lowest BCUT2D eigenvalue weighted by Gasteiger charge is -2.33. The van der Waals surface area contributed by atoms with Crippen molar-refractivity contribution in [3.8, 4) is 0 Å². The number of thioether (sulfide) groups is 1. The Bertz CT molecular complexity index is 577. The Balaban J connectivity index is 1.39. The average Bonchev–Trinajstić information content (AvgIpc) is 3.10. The highest BCUT2D eigenvalue weighted by atomic mass is 32.2. The van der Waals surface area contributed by atoms with Gasteiger partial charge < -0.3 is 10.1 Å². The second-order valence-electron chi connectivity index (χ2n) is 8.56. The molecule has 5 nitrogen and oxygen atoms in total. The van der Waals surface area contributed by atoms with Gasteiger partial charge in [-0.3, -0.25) is 0 Å². The first-order chi connectivity index (χ1) is 12.9. The lowest BCUT2D eigenvalue weighted by Crippen LogP contribution is -2.43. The second-order valence-corrected chi connectivity index (χ2v) is 11.8. The Morgan fingerprint density at radius 3 is 2.74 bits per heavy atom. The van der Waals surface area contributed by atoms with E-state index < -0.39 is 16.2 Å². The normalized spacial score (nSPS) is 40.9. The molecule has 1 saturated heterocycles. The van der Waals surface area contributed by atoms with Gasteiger partial charge in [0.25, 0.3) is 0 Å².